The SMILES string of the molecule is CS(=O)(=O)N1CCOC2(CCN(c3cc(Cl)cc4[nH]ncc34)CC2)C1.O=C1NCNC12CCN(c1cc(Cl)cc3[nH]ncc13)CC2. The van der Waals surface area contributed by atoms with Gasteiger partial charge in [-0.1, -0.05) is 23.2 Å². The number of rotatable bonds is 3. The summed E-state index contributed by atoms with van der Waals surface area (Å²) in [6.07, 6.45) is 8.06. The fourth-order valence-corrected chi connectivity index (χ4v) is 8.45. The third-order valence-electron chi connectivity index (χ3n) is 9.77. The van der Waals surface area contributed by atoms with Gasteiger partial charge in [-0.3, -0.25) is 20.3 Å². The van der Waals surface area contributed by atoms with Crippen LogP contribution >= 0.6 is 23.2 Å². The molecule has 246 valence electrons. The Morgan fingerprint density at radius 2 is 1.37 bits per heavy atom. The van der Waals surface area contributed by atoms with Crippen LogP contribution < -0.4 is 20.4 Å². The van der Waals surface area contributed by atoms with Gasteiger partial charge in [0.1, 0.15) is 5.54 Å². The first-order chi connectivity index (χ1) is 22.0. The molecule has 0 saturated carbocycles. The topological polar surface area (TPSA) is 152 Å². The van der Waals surface area contributed by atoms with Crippen LogP contribution in [-0.4, -0.2) is 109 Å². The zero-order valence-electron chi connectivity index (χ0n) is 25.5. The van der Waals surface area contributed by atoms with Gasteiger partial charge in [-0.15, -0.1) is 0 Å². The summed E-state index contributed by atoms with van der Waals surface area (Å²) in [5.41, 5.74) is 3.23. The highest BCUT2D eigenvalue weighted by Crippen LogP contribution is 2.37. The minimum Gasteiger partial charge on any atom is -0.372 e. The Bertz CT molecular complexity index is 1860. The van der Waals surface area contributed by atoms with Crippen molar-refractivity contribution in [3.05, 3.63) is 46.7 Å². The predicted molar refractivity (Wildman–Crippen MR) is 179 cm³/mol. The number of carbonyl (C=O) groups is 1. The number of anilines is 2. The fourth-order valence-electron chi connectivity index (χ4n) is 7.15. The molecule has 1 amide bonds. The summed E-state index contributed by atoms with van der Waals surface area (Å²) in [5.74, 6) is 0.127. The number of sulfonamides is 1. The van der Waals surface area contributed by atoms with Crippen molar-refractivity contribution in [1.29, 1.82) is 0 Å². The largest absolute Gasteiger partial charge is 0.372 e. The van der Waals surface area contributed by atoms with Crippen LogP contribution in [0.3, 0.4) is 0 Å². The summed E-state index contributed by atoms with van der Waals surface area (Å²) < 4.78 is 31.4. The molecular formula is C30H37Cl2N9O4S. The van der Waals surface area contributed by atoms with E-state index in [2.05, 4.69) is 40.8 Å². The second kappa shape index (κ2) is 12.1. The minimum atomic E-state index is -3.18. The highest BCUT2D eigenvalue weighted by Gasteiger charge is 2.45. The monoisotopic (exact) mass is 689 g/mol. The van der Waals surface area contributed by atoms with Crippen LogP contribution in [0.1, 0.15) is 25.7 Å². The molecule has 4 aliphatic heterocycles. The summed E-state index contributed by atoms with van der Waals surface area (Å²) >= 11 is 12.4. The van der Waals surface area contributed by atoms with Gasteiger partial charge in [0.25, 0.3) is 0 Å². The van der Waals surface area contributed by atoms with Gasteiger partial charge in [-0.25, -0.2) is 8.42 Å². The van der Waals surface area contributed by atoms with E-state index in [1.807, 2.05) is 36.7 Å². The van der Waals surface area contributed by atoms with Gasteiger partial charge in [0, 0.05) is 71.5 Å². The number of nitrogens with one attached hydrogen (secondary N) is 4. The lowest BCUT2D eigenvalue weighted by Gasteiger charge is -2.47. The number of hydrogen-bond donors (Lipinski definition) is 4. The molecule has 0 radical (unpaired) electrons. The third kappa shape index (κ3) is 6.02. The molecule has 2 spiro atoms. The number of carbonyl (C=O) groups excluding carboxylic acids is 1. The molecule has 0 bridgehead atoms. The van der Waals surface area contributed by atoms with E-state index in [0.29, 0.717) is 36.4 Å². The number of H-pyrrole nitrogens is 2. The summed E-state index contributed by atoms with van der Waals surface area (Å²) in [6.45, 7) is 5.13. The molecule has 6 heterocycles. The normalized spacial score (nSPS) is 21.6. The average molecular weight is 691 g/mol. The Morgan fingerprint density at radius 1 is 0.826 bits per heavy atom. The van der Waals surface area contributed by atoms with Crippen LogP contribution in [0, 0.1) is 0 Å². The van der Waals surface area contributed by atoms with Crippen molar-refractivity contribution in [2.75, 3.05) is 68.6 Å². The highest BCUT2D eigenvalue weighted by molar-refractivity contribution is 7.88. The van der Waals surface area contributed by atoms with Crippen molar-refractivity contribution < 1.29 is 17.9 Å². The Morgan fingerprint density at radius 3 is 1.87 bits per heavy atom. The number of benzene rings is 2. The van der Waals surface area contributed by atoms with Crippen LogP contribution in [0.25, 0.3) is 21.8 Å². The number of amides is 1. The second-order valence-electron chi connectivity index (χ2n) is 12.6. The lowest BCUT2D eigenvalue weighted by atomic mass is 9.87. The molecule has 8 rings (SSSR count). The quantitative estimate of drug-likeness (QED) is 0.254. The summed E-state index contributed by atoms with van der Waals surface area (Å²) in [5, 5.41) is 23.8. The van der Waals surface area contributed by atoms with E-state index >= 15 is 0 Å². The zero-order valence-corrected chi connectivity index (χ0v) is 27.8. The Hall–Kier alpha value is -3.14. The van der Waals surface area contributed by atoms with Crippen molar-refractivity contribution in [2.24, 2.45) is 0 Å². The lowest BCUT2D eigenvalue weighted by Crippen LogP contribution is -2.57. The smallest absolute Gasteiger partial charge is 0.241 e. The van der Waals surface area contributed by atoms with Crippen molar-refractivity contribution in [2.45, 2.75) is 36.8 Å². The van der Waals surface area contributed by atoms with Gasteiger partial charge in [-0.2, -0.15) is 14.5 Å². The van der Waals surface area contributed by atoms with Gasteiger partial charge >= 0.3 is 0 Å². The maximum atomic E-state index is 12.0. The number of aromatic nitrogens is 4. The molecule has 2 aromatic heterocycles. The molecule has 4 saturated heterocycles. The first-order valence-corrected chi connectivity index (χ1v) is 18.0. The van der Waals surface area contributed by atoms with Crippen LogP contribution in [0.2, 0.25) is 10.0 Å². The van der Waals surface area contributed by atoms with E-state index in [9.17, 15) is 13.2 Å². The number of piperidine rings is 2. The van der Waals surface area contributed by atoms with E-state index in [0.717, 1.165) is 85.0 Å². The summed E-state index contributed by atoms with van der Waals surface area (Å²) in [4.78, 5) is 16.5. The Kier molecular flexibility index (Phi) is 8.31. The number of hydrogen-bond acceptors (Lipinski definition) is 9. The van der Waals surface area contributed by atoms with Crippen LogP contribution in [0.5, 0.6) is 0 Å². The average Bonchev–Trinajstić information content (AvgIpc) is 3.78. The van der Waals surface area contributed by atoms with Crippen molar-refractivity contribution in [1.82, 2.24) is 35.3 Å². The van der Waals surface area contributed by atoms with Gasteiger partial charge < -0.3 is 19.9 Å². The van der Waals surface area contributed by atoms with E-state index in [1.165, 1.54) is 6.26 Å². The van der Waals surface area contributed by atoms with Crippen LogP contribution in [-0.2, 0) is 19.6 Å². The van der Waals surface area contributed by atoms with Crippen molar-refractivity contribution in [3.8, 4) is 0 Å². The number of halogens is 2. The maximum Gasteiger partial charge on any atom is 0.241 e. The highest BCUT2D eigenvalue weighted by atomic mass is 35.5. The molecule has 0 aliphatic carbocycles. The molecule has 0 atom stereocenters. The Labute approximate surface area is 276 Å². The van der Waals surface area contributed by atoms with E-state index in [-0.39, 0.29) is 17.0 Å². The first kappa shape index (κ1) is 31.5. The molecule has 0 unspecified atom stereocenters. The van der Waals surface area contributed by atoms with Gasteiger partial charge in [0.2, 0.25) is 15.9 Å². The third-order valence-corrected chi connectivity index (χ3v) is 11.5. The van der Waals surface area contributed by atoms with E-state index in [4.69, 9.17) is 27.9 Å². The van der Waals surface area contributed by atoms with Crippen molar-refractivity contribution in [3.63, 3.8) is 0 Å². The molecule has 4 fully saturated rings. The summed E-state index contributed by atoms with van der Waals surface area (Å²) in [7, 11) is -3.18. The molecule has 4 aliphatic rings. The van der Waals surface area contributed by atoms with Crippen molar-refractivity contribution >= 4 is 72.3 Å². The molecule has 2 aromatic carbocycles. The number of aromatic amines is 2. The predicted octanol–water partition coefficient (Wildman–Crippen LogP) is 3.08. The van der Waals surface area contributed by atoms with E-state index < -0.39 is 10.0 Å². The second-order valence-corrected chi connectivity index (χ2v) is 15.4. The zero-order chi connectivity index (χ0) is 32.1. The standard InChI is InChI=1S/C16H21ClN4O3S.C14H16ClN5O/c1-25(22,23)21-6-7-24-16(11-21)2-4-20(5-3-16)15-9-12(17)8-14-13(15)10-18-19-14;15-9-5-11-10(7-18-19-11)12(6-9)20-3-1-14(2-4-20)13(21)16-8-17-14/h8-10H,2-7,11H2,1H3,(H,18,19);5-7,17H,1-4,8H2,(H,16,21)(H,18,19). The number of nitrogens with zero attached hydrogens (tertiary/aromatic N) is 5. The fraction of sp³-hybridized carbons (Fsp3) is 0.500. The van der Waals surface area contributed by atoms with Gasteiger partial charge in [0.05, 0.1) is 48.6 Å². The minimum absolute atomic E-state index is 0.127. The number of morpholine rings is 1. The van der Waals surface area contributed by atoms with Crippen LogP contribution in [0.4, 0.5) is 11.4 Å². The molecule has 13 nitrogen and oxygen atoms in total. The van der Waals surface area contributed by atoms with E-state index in [1.54, 1.807) is 4.31 Å². The maximum absolute atomic E-state index is 12.0. The van der Waals surface area contributed by atoms with Crippen LogP contribution in [0.15, 0.2) is 36.7 Å². The Balaban J connectivity index is 0.000000149. The molecule has 4 N–H and O–H groups in total. The first-order valence-electron chi connectivity index (χ1n) is 15.4. The van der Waals surface area contributed by atoms with Gasteiger partial charge in [0.15, 0.2) is 0 Å². The molecule has 4 aromatic rings. The molecule has 16 heteroatoms. The van der Waals surface area contributed by atoms with Gasteiger partial charge in [-0.05, 0) is 49.9 Å². The number of fused-ring (bicyclic) bond motifs is 2. The molecule has 46 heavy (non-hydrogen) atoms. The lowest BCUT2D eigenvalue weighted by molar-refractivity contribution is -0.124. The number of ether oxygens (including phenoxy) is 1. The molecular weight excluding hydrogens is 653 g/mol. The summed E-state index contributed by atoms with van der Waals surface area (Å²) in [6, 6.07) is 7.68.